The number of anilines is 2. The molecule has 1 unspecified atom stereocenters. The average Bonchev–Trinajstić information content (AvgIpc) is 3.31. The van der Waals surface area contributed by atoms with Crippen LogP contribution in [0.2, 0.25) is 0 Å². The van der Waals surface area contributed by atoms with Gasteiger partial charge in [0.15, 0.2) is 0 Å². The van der Waals surface area contributed by atoms with Gasteiger partial charge in [-0.05, 0) is 39.8 Å². The molecule has 4 aromatic rings. The maximum absolute atomic E-state index is 12.9. The molecule has 7 heteroatoms. The van der Waals surface area contributed by atoms with Crippen molar-refractivity contribution in [2.45, 2.75) is 6.04 Å². The Hall–Kier alpha value is -4.26. The first-order chi connectivity index (χ1) is 15.3. The summed E-state index contributed by atoms with van der Waals surface area (Å²) in [6, 6.07) is 29.3. The summed E-state index contributed by atoms with van der Waals surface area (Å²) in [4.78, 5) is 14.7. The Bertz CT molecular complexity index is 1200. The Kier molecular flexibility index (Phi) is 4.98. The van der Waals surface area contributed by atoms with Crippen LogP contribution in [0.25, 0.3) is 5.70 Å². The second kappa shape index (κ2) is 8.23. The molecule has 2 heterocycles. The van der Waals surface area contributed by atoms with Gasteiger partial charge in [-0.1, -0.05) is 84.0 Å². The molecule has 1 aromatic heterocycles. The zero-order valence-corrected chi connectivity index (χ0v) is 16.7. The van der Waals surface area contributed by atoms with E-state index in [4.69, 9.17) is 0 Å². The molecule has 0 spiro atoms. The number of allylic oxidation sites excluding steroid dienone is 1. The van der Waals surface area contributed by atoms with Crippen molar-refractivity contribution in [3.05, 3.63) is 108 Å². The van der Waals surface area contributed by atoms with Crippen LogP contribution >= 0.6 is 0 Å². The summed E-state index contributed by atoms with van der Waals surface area (Å²) in [5.41, 5.74) is 3.69. The minimum absolute atomic E-state index is 0.0809. The number of benzene rings is 3. The summed E-state index contributed by atoms with van der Waals surface area (Å²) in [5.74, 6) is 0.374. The number of aromatic nitrogens is 4. The van der Waals surface area contributed by atoms with Gasteiger partial charge in [-0.3, -0.25) is 9.69 Å². The van der Waals surface area contributed by atoms with Crippen LogP contribution in [0.15, 0.2) is 97.1 Å². The third-order valence-corrected chi connectivity index (χ3v) is 5.16. The van der Waals surface area contributed by atoms with Gasteiger partial charge in [-0.25, -0.2) is 0 Å². The smallest absolute Gasteiger partial charge is 0.251 e. The van der Waals surface area contributed by atoms with Gasteiger partial charge >= 0.3 is 0 Å². The highest BCUT2D eigenvalue weighted by Crippen LogP contribution is 2.35. The summed E-state index contributed by atoms with van der Waals surface area (Å²) >= 11 is 0. The monoisotopic (exact) mass is 408 g/mol. The highest BCUT2D eigenvalue weighted by molar-refractivity contribution is 5.97. The lowest BCUT2D eigenvalue weighted by atomic mass is 10.0. The van der Waals surface area contributed by atoms with Crippen molar-refractivity contribution in [2.75, 3.05) is 16.8 Å². The predicted molar refractivity (Wildman–Crippen MR) is 119 cm³/mol. The Morgan fingerprint density at radius 2 is 1.52 bits per heavy atom. The molecule has 3 aromatic carbocycles. The van der Waals surface area contributed by atoms with Gasteiger partial charge in [0.05, 0.1) is 5.70 Å². The van der Waals surface area contributed by atoms with Crippen molar-refractivity contribution in [3.63, 3.8) is 0 Å². The van der Waals surface area contributed by atoms with Gasteiger partial charge < -0.3 is 5.32 Å². The zero-order valence-electron chi connectivity index (χ0n) is 16.7. The van der Waals surface area contributed by atoms with Crippen molar-refractivity contribution < 1.29 is 4.79 Å². The van der Waals surface area contributed by atoms with E-state index in [1.807, 2.05) is 95.9 Å². The van der Waals surface area contributed by atoms with Crippen molar-refractivity contribution in [2.24, 2.45) is 0 Å². The third kappa shape index (κ3) is 3.81. The Labute approximate surface area is 179 Å². The molecule has 31 heavy (non-hydrogen) atoms. The Morgan fingerprint density at radius 1 is 0.871 bits per heavy atom. The van der Waals surface area contributed by atoms with Crippen LogP contribution in [0.4, 0.5) is 11.6 Å². The normalized spacial score (nSPS) is 15.2. The second-order valence-corrected chi connectivity index (χ2v) is 7.20. The number of carbonyl (C=O) groups excluding carboxylic acids is 1. The number of carbonyl (C=O) groups is 1. The van der Waals surface area contributed by atoms with E-state index in [9.17, 15) is 4.79 Å². The number of nitrogens with one attached hydrogen (secondary N) is 1. The zero-order chi connectivity index (χ0) is 21.0. The molecule has 0 saturated carbocycles. The molecular formula is C24H20N6O. The van der Waals surface area contributed by atoms with E-state index in [2.05, 4.69) is 26.9 Å². The van der Waals surface area contributed by atoms with Crippen molar-refractivity contribution >= 4 is 23.2 Å². The number of para-hydroxylation sites is 1. The standard InChI is InChI=1S/C24H20N6O/c31-23(25-20-14-8-3-9-15-20)17-29-21(18-10-4-1-5-11-18)16-22(19-12-6-2-7-13-19)30-24(29)26-27-28-30/h1-16,22H,17H2,(H,25,31). The molecule has 7 nitrogen and oxygen atoms in total. The van der Waals surface area contributed by atoms with E-state index in [1.54, 1.807) is 4.68 Å². The predicted octanol–water partition coefficient (Wildman–Crippen LogP) is 3.76. The van der Waals surface area contributed by atoms with Gasteiger partial charge in [0.1, 0.15) is 12.6 Å². The molecule has 0 saturated heterocycles. The fourth-order valence-electron chi connectivity index (χ4n) is 3.73. The molecule has 0 radical (unpaired) electrons. The Morgan fingerprint density at radius 3 is 2.23 bits per heavy atom. The van der Waals surface area contributed by atoms with Gasteiger partial charge in [0, 0.05) is 5.69 Å². The van der Waals surface area contributed by atoms with E-state index in [0.717, 1.165) is 22.5 Å². The maximum Gasteiger partial charge on any atom is 0.251 e. The van der Waals surface area contributed by atoms with Crippen LogP contribution in [0.5, 0.6) is 0 Å². The summed E-state index contributed by atoms with van der Waals surface area (Å²) in [6.45, 7) is 0.0809. The van der Waals surface area contributed by atoms with Crippen LogP contribution in [0.3, 0.4) is 0 Å². The van der Waals surface area contributed by atoms with Gasteiger partial charge in [-0.15, -0.1) is 0 Å². The molecule has 0 fully saturated rings. The van der Waals surface area contributed by atoms with Crippen LogP contribution in [-0.2, 0) is 4.79 Å². The van der Waals surface area contributed by atoms with Crippen LogP contribution in [0.1, 0.15) is 17.2 Å². The second-order valence-electron chi connectivity index (χ2n) is 7.20. The van der Waals surface area contributed by atoms with Gasteiger partial charge in [0.2, 0.25) is 5.91 Å². The number of hydrogen-bond acceptors (Lipinski definition) is 5. The van der Waals surface area contributed by atoms with Crippen LogP contribution in [0, 0.1) is 0 Å². The van der Waals surface area contributed by atoms with Gasteiger partial charge in [0.25, 0.3) is 5.95 Å². The average molecular weight is 408 g/mol. The fraction of sp³-hybridized carbons (Fsp3) is 0.0833. The van der Waals surface area contributed by atoms with E-state index in [-0.39, 0.29) is 18.5 Å². The molecular weight excluding hydrogens is 388 g/mol. The topological polar surface area (TPSA) is 75.9 Å². The maximum atomic E-state index is 12.9. The number of tetrazole rings is 1. The minimum Gasteiger partial charge on any atom is -0.325 e. The number of rotatable bonds is 5. The molecule has 5 rings (SSSR count). The first-order valence-electron chi connectivity index (χ1n) is 10.0. The molecule has 0 aliphatic carbocycles. The lowest BCUT2D eigenvalue weighted by molar-refractivity contribution is -0.114. The van der Waals surface area contributed by atoms with E-state index < -0.39 is 0 Å². The highest BCUT2D eigenvalue weighted by Gasteiger charge is 2.31. The van der Waals surface area contributed by atoms with Crippen molar-refractivity contribution in [3.8, 4) is 0 Å². The number of nitrogens with zero attached hydrogens (tertiary/aromatic N) is 5. The quantitative estimate of drug-likeness (QED) is 0.544. The molecule has 0 bridgehead atoms. The first kappa shape index (κ1) is 18.7. The summed E-state index contributed by atoms with van der Waals surface area (Å²) in [5, 5.41) is 15.3. The largest absolute Gasteiger partial charge is 0.325 e. The number of amides is 1. The van der Waals surface area contributed by atoms with Crippen molar-refractivity contribution in [1.29, 1.82) is 0 Å². The van der Waals surface area contributed by atoms with E-state index >= 15 is 0 Å². The first-order valence-corrected chi connectivity index (χ1v) is 10.0. The summed E-state index contributed by atoms with van der Waals surface area (Å²) < 4.78 is 1.75. The van der Waals surface area contributed by atoms with Crippen molar-refractivity contribution in [1.82, 2.24) is 20.2 Å². The fourth-order valence-corrected chi connectivity index (χ4v) is 3.73. The van der Waals surface area contributed by atoms with Gasteiger partial charge in [-0.2, -0.15) is 4.68 Å². The lowest BCUT2D eigenvalue weighted by Gasteiger charge is -2.32. The molecule has 152 valence electrons. The minimum atomic E-state index is -0.171. The number of hydrogen-bond donors (Lipinski definition) is 1. The van der Waals surface area contributed by atoms with E-state index in [1.165, 1.54) is 0 Å². The summed E-state index contributed by atoms with van der Waals surface area (Å²) in [6.07, 6.45) is 2.10. The summed E-state index contributed by atoms with van der Waals surface area (Å²) in [7, 11) is 0. The number of fused-ring (bicyclic) bond motifs is 1. The molecule has 1 atom stereocenters. The SMILES string of the molecule is O=C(CN1C(c2ccccc2)=CC(c2ccccc2)n2nnnc21)Nc1ccccc1. The molecule has 1 aliphatic rings. The molecule has 1 N–H and O–H groups in total. The lowest BCUT2D eigenvalue weighted by Crippen LogP contribution is -2.37. The highest BCUT2D eigenvalue weighted by atomic mass is 16.2. The molecule has 1 amide bonds. The third-order valence-electron chi connectivity index (χ3n) is 5.16. The van der Waals surface area contributed by atoms with E-state index in [0.29, 0.717) is 5.95 Å². The Balaban J connectivity index is 1.54. The van der Waals surface area contributed by atoms with Crippen LogP contribution in [-0.4, -0.2) is 32.7 Å². The van der Waals surface area contributed by atoms with Crippen LogP contribution < -0.4 is 10.2 Å². The molecule has 1 aliphatic heterocycles.